The fraction of sp³-hybridized carbons (Fsp3) is 0.130. The lowest BCUT2D eigenvalue weighted by Crippen LogP contribution is -2.29. The first-order valence-electron chi connectivity index (χ1n) is 9.13. The smallest absolute Gasteiger partial charge is 0.241 e. The Hall–Kier alpha value is -2.89. The molecule has 0 aliphatic carbocycles. The first-order chi connectivity index (χ1) is 13.5. The van der Waals surface area contributed by atoms with Crippen LogP contribution in [0.5, 0.6) is 0 Å². The summed E-state index contributed by atoms with van der Waals surface area (Å²) in [5.74, 6) is 0. The third kappa shape index (κ3) is 3.46. The molecule has 5 heteroatoms. The maximum atomic E-state index is 13.1. The summed E-state index contributed by atoms with van der Waals surface area (Å²) < 4.78 is 31.2. The number of para-hydroxylation sites is 1. The Morgan fingerprint density at radius 2 is 1.50 bits per heavy atom. The van der Waals surface area contributed by atoms with E-state index in [0.717, 1.165) is 27.6 Å². The molecule has 1 atom stereocenters. The monoisotopic (exact) mass is 390 g/mol. The second kappa shape index (κ2) is 7.26. The minimum absolute atomic E-state index is 0.263. The molecule has 4 rings (SSSR count). The van der Waals surface area contributed by atoms with E-state index in [2.05, 4.69) is 4.72 Å². The van der Waals surface area contributed by atoms with Crippen molar-refractivity contribution in [3.8, 4) is 0 Å². The Kier molecular flexibility index (Phi) is 4.79. The van der Waals surface area contributed by atoms with Crippen molar-refractivity contribution in [3.63, 3.8) is 0 Å². The Morgan fingerprint density at radius 1 is 0.857 bits per heavy atom. The number of fused-ring (bicyclic) bond motifs is 1. The molecule has 0 saturated heterocycles. The van der Waals surface area contributed by atoms with Gasteiger partial charge in [0, 0.05) is 29.7 Å². The summed E-state index contributed by atoms with van der Waals surface area (Å²) in [7, 11) is -1.72. The summed E-state index contributed by atoms with van der Waals surface area (Å²) in [5, 5.41) is 1.03. The Bertz CT molecular complexity index is 1210. The number of aryl methyl sites for hydroxylation is 2. The lowest BCUT2D eigenvalue weighted by atomic mass is 9.99. The molecule has 0 saturated carbocycles. The Labute approximate surface area is 165 Å². The van der Waals surface area contributed by atoms with E-state index in [0.29, 0.717) is 0 Å². The number of sulfonamides is 1. The summed E-state index contributed by atoms with van der Waals surface area (Å²) >= 11 is 0. The third-order valence-electron chi connectivity index (χ3n) is 4.98. The second-order valence-electron chi connectivity index (χ2n) is 6.99. The van der Waals surface area contributed by atoms with Crippen LogP contribution in [0.15, 0.2) is 90.0 Å². The van der Waals surface area contributed by atoms with Crippen molar-refractivity contribution in [2.24, 2.45) is 7.05 Å². The minimum atomic E-state index is -3.69. The molecule has 0 amide bonds. The fourth-order valence-corrected chi connectivity index (χ4v) is 4.70. The highest BCUT2D eigenvalue weighted by Crippen LogP contribution is 2.31. The summed E-state index contributed by atoms with van der Waals surface area (Å²) in [6.45, 7) is 1.94. The lowest BCUT2D eigenvalue weighted by molar-refractivity contribution is 0.572. The predicted molar refractivity (Wildman–Crippen MR) is 113 cm³/mol. The average molecular weight is 391 g/mol. The fourth-order valence-electron chi connectivity index (χ4n) is 3.50. The van der Waals surface area contributed by atoms with Crippen LogP contribution in [0.3, 0.4) is 0 Å². The van der Waals surface area contributed by atoms with E-state index in [1.54, 1.807) is 12.1 Å². The van der Waals surface area contributed by atoms with Gasteiger partial charge in [0.2, 0.25) is 10.0 Å². The molecule has 0 fully saturated rings. The van der Waals surface area contributed by atoms with Crippen LogP contribution in [0.1, 0.15) is 22.7 Å². The number of aromatic nitrogens is 1. The van der Waals surface area contributed by atoms with Crippen LogP contribution in [0.25, 0.3) is 10.9 Å². The molecule has 3 aromatic carbocycles. The highest BCUT2D eigenvalue weighted by atomic mass is 32.2. The Morgan fingerprint density at radius 3 is 2.21 bits per heavy atom. The quantitative estimate of drug-likeness (QED) is 0.543. The highest BCUT2D eigenvalue weighted by molar-refractivity contribution is 7.89. The van der Waals surface area contributed by atoms with Crippen LogP contribution in [0, 0.1) is 6.92 Å². The molecule has 4 nitrogen and oxygen atoms in total. The average Bonchev–Trinajstić information content (AvgIpc) is 3.04. The van der Waals surface area contributed by atoms with Gasteiger partial charge in [-0.15, -0.1) is 0 Å². The maximum absolute atomic E-state index is 13.1. The van der Waals surface area contributed by atoms with E-state index in [9.17, 15) is 8.42 Å². The second-order valence-corrected chi connectivity index (χ2v) is 8.70. The van der Waals surface area contributed by atoms with Gasteiger partial charge in [0.15, 0.2) is 0 Å². The molecule has 1 heterocycles. The zero-order chi connectivity index (χ0) is 19.7. The van der Waals surface area contributed by atoms with Gasteiger partial charge in [-0.1, -0.05) is 66.2 Å². The maximum Gasteiger partial charge on any atom is 0.241 e. The molecule has 0 radical (unpaired) electrons. The number of nitrogens with one attached hydrogen (secondary N) is 1. The number of rotatable bonds is 5. The Balaban J connectivity index is 1.84. The molecule has 0 aliphatic heterocycles. The van der Waals surface area contributed by atoms with E-state index >= 15 is 0 Å². The van der Waals surface area contributed by atoms with Gasteiger partial charge in [-0.25, -0.2) is 8.42 Å². The van der Waals surface area contributed by atoms with Crippen molar-refractivity contribution in [3.05, 3.63) is 102 Å². The number of hydrogen-bond acceptors (Lipinski definition) is 2. The van der Waals surface area contributed by atoms with E-state index in [4.69, 9.17) is 0 Å². The first-order valence-corrected chi connectivity index (χ1v) is 10.6. The summed E-state index contributed by atoms with van der Waals surface area (Å²) in [6.07, 6.45) is 2.00. The standard InChI is InChI=1S/C23H22N2O2S/c1-17-12-14-19(15-13-17)28(26,27)24-23(18-8-4-3-5-9-18)21-16-25(2)22-11-7-6-10-20(21)22/h3-16,23-24H,1-2H3/t23-/m0/s1. The van der Waals surface area contributed by atoms with E-state index in [1.165, 1.54) is 0 Å². The molecule has 1 N–H and O–H groups in total. The van der Waals surface area contributed by atoms with Crippen LogP contribution < -0.4 is 4.72 Å². The van der Waals surface area contributed by atoms with Gasteiger partial charge in [-0.2, -0.15) is 4.72 Å². The zero-order valence-corrected chi connectivity index (χ0v) is 16.6. The molecule has 4 aromatic rings. The number of benzene rings is 3. The summed E-state index contributed by atoms with van der Waals surface area (Å²) in [4.78, 5) is 0.263. The molecule has 142 valence electrons. The van der Waals surface area contributed by atoms with E-state index in [1.807, 2.05) is 91.5 Å². The molecular weight excluding hydrogens is 368 g/mol. The normalized spacial score (nSPS) is 12.9. The van der Waals surface area contributed by atoms with Crippen molar-refractivity contribution in [1.82, 2.24) is 9.29 Å². The van der Waals surface area contributed by atoms with Crippen molar-refractivity contribution in [1.29, 1.82) is 0 Å². The van der Waals surface area contributed by atoms with Crippen molar-refractivity contribution in [2.75, 3.05) is 0 Å². The largest absolute Gasteiger partial charge is 0.350 e. The summed E-state index contributed by atoms with van der Waals surface area (Å²) in [5.41, 5.74) is 3.91. The van der Waals surface area contributed by atoms with Crippen LogP contribution >= 0.6 is 0 Å². The molecule has 0 aliphatic rings. The van der Waals surface area contributed by atoms with Crippen molar-refractivity contribution >= 4 is 20.9 Å². The van der Waals surface area contributed by atoms with Crippen molar-refractivity contribution in [2.45, 2.75) is 17.9 Å². The van der Waals surface area contributed by atoms with Gasteiger partial charge in [-0.05, 0) is 30.7 Å². The van der Waals surface area contributed by atoms with Gasteiger partial charge < -0.3 is 4.57 Å². The van der Waals surface area contributed by atoms with Gasteiger partial charge >= 0.3 is 0 Å². The van der Waals surface area contributed by atoms with Crippen molar-refractivity contribution < 1.29 is 8.42 Å². The van der Waals surface area contributed by atoms with E-state index < -0.39 is 16.1 Å². The van der Waals surface area contributed by atoms with Crippen LogP contribution in [-0.2, 0) is 17.1 Å². The third-order valence-corrected chi connectivity index (χ3v) is 6.41. The van der Waals surface area contributed by atoms with Crippen LogP contribution in [0.4, 0.5) is 0 Å². The van der Waals surface area contributed by atoms with Gasteiger partial charge in [0.05, 0.1) is 10.9 Å². The van der Waals surface area contributed by atoms with Crippen LogP contribution in [0.2, 0.25) is 0 Å². The van der Waals surface area contributed by atoms with Gasteiger partial charge in [0.1, 0.15) is 0 Å². The SMILES string of the molecule is Cc1ccc(S(=O)(=O)N[C@@H](c2ccccc2)c2cn(C)c3ccccc23)cc1. The van der Waals surface area contributed by atoms with Crippen LogP contribution in [-0.4, -0.2) is 13.0 Å². The molecule has 0 bridgehead atoms. The number of nitrogens with zero attached hydrogens (tertiary/aromatic N) is 1. The molecular formula is C23H22N2O2S. The highest BCUT2D eigenvalue weighted by Gasteiger charge is 2.25. The lowest BCUT2D eigenvalue weighted by Gasteiger charge is -2.19. The van der Waals surface area contributed by atoms with E-state index in [-0.39, 0.29) is 4.90 Å². The molecule has 0 spiro atoms. The topological polar surface area (TPSA) is 51.1 Å². The summed E-state index contributed by atoms with van der Waals surface area (Å²) in [6, 6.07) is 24.1. The predicted octanol–water partition coefficient (Wildman–Crippen LogP) is 4.55. The first kappa shape index (κ1) is 18.5. The minimum Gasteiger partial charge on any atom is -0.350 e. The number of hydrogen-bond donors (Lipinski definition) is 1. The van der Waals surface area contributed by atoms with Gasteiger partial charge in [-0.3, -0.25) is 0 Å². The molecule has 1 aromatic heterocycles. The van der Waals surface area contributed by atoms with Gasteiger partial charge in [0.25, 0.3) is 0 Å². The molecule has 0 unspecified atom stereocenters. The zero-order valence-electron chi connectivity index (χ0n) is 15.8. The molecule has 28 heavy (non-hydrogen) atoms.